The van der Waals surface area contributed by atoms with E-state index in [-0.39, 0.29) is 5.41 Å². The van der Waals surface area contributed by atoms with E-state index in [9.17, 15) is 4.79 Å². The number of carbonyl (C=O) groups excluding carboxylic acids is 1. The summed E-state index contributed by atoms with van der Waals surface area (Å²) < 4.78 is 5.34. The largest absolute Gasteiger partial charge is 0.380 e. The van der Waals surface area contributed by atoms with Crippen molar-refractivity contribution in [3.8, 4) is 0 Å². The lowest BCUT2D eigenvalue weighted by atomic mass is 9.88. The van der Waals surface area contributed by atoms with Gasteiger partial charge < -0.3 is 14.4 Å². The zero-order chi connectivity index (χ0) is 13.0. The Bertz CT molecular complexity index is 416. The van der Waals surface area contributed by atoms with E-state index < -0.39 is 0 Å². The van der Waals surface area contributed by atoms with Crippen LogP contribution in [0.15, 0.2) is 24.3 Å². The quantitative estimate of drug-likeness (QED) is 0.767. The van der Waals surface area contributed by atoms with E-state index in [4.69, 9.17) is 16.3 Å². The number of hydrogen-bond donors (Lipinski definition) is 0. The number of aldehydes is 1. The predicted molar refractivity (Wildman–Crippen MR) is 71.7 cm³/mol. The van der Waals surface area contributed by atoms with Gasteiger partial charge in [-0.05, 0) is 31.2 Å². The highest BCUT2D eigenvalue weighted by Gasteiger charge is 2.35. The molecule has 1 aliphatic rings. The van der Waals surface area contributed by atoms with Crippen LogP contribution in [-0.4, -0.2) is 38.0 Å². The van der Waals surface area contributed by atoms with Crippen LogP contribution < -0.4 is 0 Å². The molecule has 0 aliphatic carbocycles. The Morgan fingerprint density at radius 3 is 3.00 bits per heavy atom. The molecule has 0 saturated carbocycles. The fourth-order valence-electron chi connectivity index (χ4n) is 2.42. The smallest absolute Gasteiger partial charge is 0.129 e. The average molecular weight is 268 g/mol. The van der Waals surface area contributed by atoms with Crippen molar-refractivity contribution in [1.82, 2.24) is 4.90 Å². The van der Waals surface area contributed by atoms with Crippen LogP contribution in [-0.2, 0) is 16.1 Å². The number of carbonyl (C=O) groups is 1. The summed E-state index contributed by atoms with van der Waals surface area (Å²) in [7, 11) is 2.02. The molecule has 0 amide bonds. The molecule has 1 atom stereocenters. The number of ether oxygens (including phenoxy) is 1. The molecule has 0 N–H and O–H groups in total. The SMILES string of the molecule is CN(Cc1cccc(Cl)c1)CC1(C=O)CCOC1. The fourth-order valence-corrected chi connectivity index (χ4v) is 2.63. The molecule has 1 aromatic carbocycles. The maximum absolute atomic E-state index is 11.2. The molecular formula is C14H18ClNO2. The molecule has 18 heavy (non-hydrogen) atoms. The van der Waals surface area contributed by atoms with Crippen molar-refractivity contribution in [2.45, 2.75) is 13.0 Å². The van der Waals surface area contributed by atoms with Gasteiger partial charge in [0.1, 0.15) is 6.29 Å². The monoisotopic (exact) mass is 267 g/mol. The summed E-state index contributed by atoms with van der Waals surface area (Å²) in [4.78, 5) is 13.4. The van der Waals surface area contributed by atoms with Gasteiger partial charge in [-0.1, -0.05) is 23.7 Å². The van der Waals surface area contributed by atoms with Crippen LogP contribution in [0.5, 0.6) is 0 Å². The highest BCUT2D eigenvalue weighted by Crippen LogP contribution is 2.27. The third-order valence-electron chi connectivity index (χ3n) is 3.31. The molecule has 1 heterocycles. The van der Waals surface area contributed by atoms with E-state index in [1.165, 1.54) is 0 Å². The predicted octanol–water partition coefficient (Wildman–Crippen LogP) is 2.38. The van der Waals surface area contributed by atoms with E-state index in [0.717, 1.165) is 36.4 Å². The van der Waals surface area contributed by atoms with Gasteiger partial charge in [-0.15, -0.1) is 0 Å². The van der Waals surface area contributed by atoms with Gasteiger partial charge in [0.05, 0.1) is 12.0 Å². The molecule has 4 heteroatoms. The minimum absolute atomic E-state index is 0.326. The summed E-state index contributed by atoms with van der Waals surface area (Å²) >= 11 is 5.96. The normalized spacial score (nSPS) is 23.5. The van der Waals surface area contributed by atoms with Crippen LogP contribution in [0.25, 0.3) is 0 Å². The van der Waals surface area contributed by atoms with Crippen molar-refractivity contribution >= 4 is 17.9 Å². The average Bonchev–Trinajstić information content (AvgIpc) is 2.78. The molecule has 1 saturated heterocycles. The summed E-state index contributed by atoms with van der Waals surface area (Å²) in [5.41, 5.74) is 0.831. The molecule has 0 aromatic heterocycles. The Morgan fingerprint density at radius 1 is 1.56 bits per heavy atom. The molecule has 0 radical (unpaired) electrons. The van der Waals surface area contributed by atoms with Gasteiger partial charge in [-0.3, -0.25) is 0 Å². The third-order valence-corrected chi connectivity index (χ3v) is 3.55. The molecule has 98 valence electrons. The van der Waals surface area contributed by atoms with Gasteiger partial charge in [0.25, 0.3) is 0 Å². The minimum Gasteiger partial charge on any atom is -0.380 e. The Balaban J connectivity index is 1.96. The maximum Gasteiger partial charge on any atom is 0.129 e. The van der Waals surface area contributed by atoms with E-state index in [1.807, 2.05) is 31.3 Å². The lowest BCUT2D eigenvalue weighted by Gasteiger charge is -2.27. The number of nitrogens with zero attached hydrogens (tertiary/aromatic N) is 1. The summed E-state index contributed by atoms with van der Waals surface area (Å²) in [5.74, 6) is 0. The van der Waals surface area contributed by atoms with Gasteiger partial charge in [0.15, 0.2) is 0 Å². The van der Waals surface area contributed by atoms with Gasteiger partial charge in [-0.2, -0.15) is 0 Å². The second-order valence-corrected chi connectivity index (χ2v) is 5.52. The van der Waals surface area contributed by atoms with Crippen molar-refractivity contribution < 1.29 is 9.53 Å². The number of hydrogen-bond acceptors (Lipinski definition) is 3. The lowest BCUT2D eigenvalue weighted by Crippen LogP contribution is -2.37. The van der Waals surface area contributed by atoms with E-state index >= 15 is 0 Å². The first-order valence-corrected chi connectivity index (χ1v) is 6.48. The number of rotatable bonds is 5. The molecule has 0 bridgehead atoms. The van der Waals surface area contributed by atoms with E-state index in [2.05, 4.69) is 4.90 Å². The van der Waals surface area contributed by atoms with Gasteiger partial charge in [-0.25, -0.2) is 0 Å². The molecule has 1 fully saturated rings. The summed E-state index contributed by atoms with van der Waals surface area (Å²) in [6, 6.07) is 7.81. The van der Waals surface area contributed by atoms with Crippen LogP contribution in [0, 0.1) is 5.41 Å². The first kappa shape index (κ1) is 13.5. The van der Waals surface area contributed by atoms with Crippen LogP contribution in [0.3, 0.4) is 0 Å². The molecule has 0 spiro atoms. The van der Waals surface area contributed by atoms with Crippen LogP contribution >= 0.6 is 11.6 Å². The molecule has 2 rings (SSSR count). The van der Waals surface area contributed by atoms with Crippen molar-refractivity contribution in [2.24, 2.45) is 5.41 Å². The van der Waals surface area contributed by atoms with Gasteiger partial charge >= 0.3 is 0 Å². The fraction of sp³-hybridized carbons (Fsp3) is 0.500. The second kappa shape index (κ2) is 5.83. The van der Waals surface area contributed by atoms with E-state index in [0.29, 0.717) is 13.2 Å². The van der Waals surface area contributed by atoms with Crippen LogP contribution in [0.1, 0.15) is 12.0 Å². The summed E-state index contributed by atoms with van der Waals surface area (Å²) in [6.07, 6.45) is 1.87. The Labute approximate surface area is 113 Å². The zero-order valence-corrected chi connectivity index (χ0v) is 11.3. The molecule has 1 aliphatic heterocycles. The first-order valence-electron chi connectivity index (χ1n) is 6.11. The molecule has 1 unspecified atom stereocenters. The molecule has 3 nitrogen and oxygen atoms in total. The zero-order valence-electron chi connectivity index (χ0n) is 10.6. The van der Waals surface area contributed by atoms with Crippen LogP contribution in [0.2, 0.25) is 5.02 Å². The van der Waals surface area contributed by atoms with Gasteiger partial charge in [0, 0.05) is 24.7 Å². The highest BCUT2D eigenvalue weighted by atomic mass is 35.5. The lowest BCUT2D eigenvalue weighted by molar-refractivity contribution is -0.117. The van der Waals surface area contributed by atoms with Gasteiger partial charge in [0.2, 0.25) is 0 Å². The van der Waals surface area contributed by atoms with E-state index in [1.54, 1.807) is 0 Å². The van der Waals surface area contributed by atoms with Crippen LogP contribution in [0.4, 0.5) is 0 Å². The highest BCUT2D eigenvalue weighted by molar-refractivity contribution is 6.30. The number of halogens is 1. The molecule has 1 aromatic rings. The Kier molecular flexibility index (Phi) is 4.38. The Morgan fingerprint density at radius 2 is 2.39 bits per heavy atom. The van der Waals surface area contributed by atoms with Crippen molar-refractivity contribution in [3.05, 3.63) is 34.9 Å². The summed E-state index contributed by atoms with van der Waals surface area (Å²) in [6.45, 7) is 2.74. The van der Waals surface area contributed by atoms with Crippen molar-refractivity contribution in [2.75, 3.05) is 26.8 Å². The van der Waals surface area contributed by atoms with Crippen molar-refractivity contribution in [3.63, 3.8) is 0 Å². The van der Waals surface area contributed by atoms with Crippen molar-refractivity contribution in [1.29, 1.82) is 0 Å². The second-order valence-electron chi connectivity index (χ2n) is 5.09. The summed E-state index contributed by atoms with van der Waals surface area (Å²) in [5, 5.41) is 0.746. The maximum atomic E-state index is 11.2. The third kappa shape index (κ3) is 3.31. The standard InChI is InChI=1S/C14H18ClNO2/c1-16(8-12-3-2-4-13(15)7-12)9-14(10-17)5-6-18-11-14/h2-4,7,10H,5-6,8-9,11H2,1H3. The topological polar surface area (TPSA) is 29.5 Å². The number of benzene rings is 1. The molecular weight excluding hydrogens is 250 g/mol. The first-order chi connectivity index (χ1) is 8.63. The Hall–Kier alpha value is -0.900. The minimum atomic E-state index is -0.326.